The summed E-state index contributed by atoms with van der Waals surface area (Å²) in [5.74, 6) is -0.402. The van der Waals surface area contributed by atoms with Gasteiger partial charge in [-0.15, -0.1) is 0 Å². The molecule has 0 aromatic carbocycles. The third kappa shape index (κ3) is 4.63. The molecule has 0 rings (SSSR count). The number of nitrogens with one attached hydrogen (secondary N) is 1. The number of amides is 1. The van der Waals surface area contributed by atoms with Gasteiger partial charge in [0.05, 0.1) is 12.3 Å². The maximum atomic E-state index is 11.7. The van der Waals surface area contributed by atoms with Crippen LogP contribution in [-0.2, 0) is 9.59 Å². The smallest absolute Gasteiger partial charge is 0.272 e. The lowest BCUT2D eigenvalue weighted by molar-refractivity contribution is -0.119. The van der Waals surface area contributed by atoms with Crippen molar-refractivity contribution < 1.29 is 9.59 Å². The van der Waals surface area contributed by atoms with Crippen LogP contribution in [0, 0.1) is 5.92 Å². The SMILES string of the molecule is C=CN=C(C=NC)C(=O)N[C@H](C=O)C(C)C. The van der Waals surface area contributed by atoms with Crippen LogP contribution in [0.3, 0.4) is 0 Å². The molecule has 0 aliphatic heterocycles. The monoisotopic (exact) mass is 223 g/mol. The molecule has 0 aromatic rings. The maximum absolute atomic E-state index is 11.7. The van der Waals surface area contributed by atoms with Gasteiger partial charge in [0.25, 0.3) is 5.91 Å². The molecule has 0 fully saturated rings. The van der Waals surface area contributed by atoms with E-state index in [1.54, 1.807) is 0 Å². The van der Waals surface area contributed by atoms with Gasteiger partial charge in [-0.2, -0.15) is 0 Å². The lowest BCUT2D eigenvalue weighted by Gasteiger charge is -2.15. The van der Waals surface area contributed by atoms with Crippen LogP contribution in [0.5, 0.6) is 0 Å². The molecule has 0 unspecified atom stereocenters. The van der Waals surface area contributed by atoms with E-state index in [9.17, 15) is 9.59 Å². The summed E-state index contributed by atoms with van der Waals surface area (Å²) in [7, 11) is 1.53. The highest BCUT2D eigenvalue weighted by Crippen LogP contribution is 1.98. The van der Waals surface area contributed by atoms with Crippen molar-refractivity contribution in [3.63, 3.8) is 0 Å². The number of carbonyl (C=O) groups excluding carboxylic acids is 2. The van der Waals surface area contributed by atoms with Crippen LogP contribution in [0.25, 0.3) is 0 Å². The summed E-state index contributed by atoms with van der Waals surface area (Å²) in [6.07, 6.45) is 3.28. The van der Waals surface area contributed by atoms with Crippen LogP contribution < -0.4 is 5.32 Å². The van der Waals surface area contributed by atoms with Crippen LogP contribution in [0.15, 0.2) is 22.8 Å². The van der Waals surface area contributed by atoms with Crippen molar-refractivity contribution in [2.45, 2.75) is 19.9 Å². The van der Waals surface area contributed by atoms with E-state index in [1.165, 1.54) is 19.5 Å². The molecule has 1 amide bonds. The van der Waals surface area contributed by atoms with Crippen molar-refractivity contribution in [1.82, 2.24) is 5.32 Å². The first-order valence-electron chi connectivity index (χ1n) is 4.93. The molecule has 0 spiro atoms. The summed E-state index contributed by atoms with van der Waals surface area (Å²) < 4.78 is 0. The van der Waals surface area contributed by atoms with Crippen molar-refractivity contribution in [3.05, 3.63) is 12.8 Å². The zero-order valence-electron chi connectivity index (χ0n) is 9.80. The summed E-state index contributed by atoms with van der Waals surface area (Å²) in [6.45, 7) is 7.09. The number of hydrogen-bond donors (Lipinski definition) is 1. The third-order valence-corrected chi connectivity index (χ3v) is 1.88. The number of rotatable bonds is 6. The summed E-state index contributed by atoms with van der Waals surface area (Å²) in [5, 5.41) is 2.56. The Morgan fingerprint density at radius 3 is 2.44 bits per heavy atom. The molecule has 0 saturated heterocycles. The lowest BCUT2D eigenvalue weighted by atomic mass is 10.1. The van der Waals surface area contributed by atoms with E-state index >= 15 is 0 Å². The van der Waals surface area contributed by atoms with Crippen molar-refractivity contribution in [2.24, 2.45) is 15.9 Å². The second-order valence-electron chi connectivity index (χ2n) is 3.46. The highest BCUT2D eigenvalue weighted by molar-refractivity contribution is 6.60. The molecule has 0 aromatic heterocycles. The van der Waals surface area contributed by atoms with Crippen LogP contribution in [0.4, 0.5) is 0 Å². The van der Waals surface area contributed by atoms with Crippen LogP contribution in [0.2, 0.25) is 0 Å². The molecule has 88 valence electrons. The summed E-state index contributed by atoms with van der Waals surface area (Å²) in [4.78, 5) is 29.8. The molecule has 0 radical (unpaired) electrons. The first kappa shape index (κ1) is 14.2. The lowest BCUT2D eigenvalue weighted by Crippen LogP contribution is -2.43. The second-order valence-corrected chi connectivity index (χ2v) is 3.46. The molecular weight excluding hydrogens is 206 g/mol. The van der Waals surface area contributed by atoms with Gasteiger partial charge < -0.3 is 10.1 Å². The molecule has 5 nitrogen and oxygen atoms in total. The number of aldehydes is 1. The summed E-state index contributed by atoms with van der Waals surface area (Å²) >= 11 is 0. The molecule has 16 heavy (non-hydrogen) atoms. The van der Waals surface area contributed by atoms with Gasteiger partial charge in [0.1, 0.15) is 12.0 Å². The van der Waals surface area contributed by atoms with E-state index in [0.29, 0.717) is 6.29 Å². The number of nitrogens with zero attached hydrogens (tertiary/aromatic N) is 2. The van der Waals surface area contributed by atoms with Gasteiger partial charge in [0.2, 0.25) is 0 Å². The molecule has 0 aliphatic rings. The normalized spacial score (nSPS) is 13.9. The van der Waals surface area contributed by atoms with Gasteiger partial charge in [-0.25, -0.2) is 0 Å². The first-order chi connectivity index (χ1) is 7.56. The topological polar surface area (TPSA) is 70.9 Å². The Morgan fingerprint density at radius 1 is 1.44 bits per heavy atom. The Kier molecular flexibility index (Phi) is 6.67. The zero-order chi connectivity index (χ0) is 12.6. The van der Waals surface area contributed by atoms with E-state index in [4.69, 9.17) is 0 Å². The Hall–Kier alpha value is -1.78. The summed E-state index contributed by atoms with van der Waals surface area (Å²) in [6, 6.07) is -0.521. The van der Waals surface area contributed by atoms with E-state index in [1.807, 2.05) is 13.8 Å². The molecule has 0 saturated carbocycles. The standard InChI is InChI=1S/C11H17N3O2/c1-5-13-9(6-12-4)11(16)14-10(7-15)8(2)3/h5-8,10H,1H2,2-4H3,(H,14,16)/t10-/m1/s1. The van der Waals surface area contributed by atoms with Crippen LogP contribution >= 0.6 is 0 Å². The largest absolute Gasteiger partial charge is 0.341 e. The number of carbonyl (C=O) groups is 2. The predicted molar refractivity (Wildman–Crippen MR) is 64.9 cm³/mol. The Morgan fingerprint density at radius 2 is 2.06 bits per heavy atom. The third-order valence-electron chi connectivity index (χ3n) is 1.88. The highest BCUT2D eigenvalue weighted by Gasteiger charge is 2.17. The van der Waals surface area contributed by atoms with Crippen LogP contribution in [0.1, 0.15) is 13.8 Å². The minimum absolute atomic E-state index is 0.0324. The maximum Gasteiger partial charge on any atom is 0.272 e. The average Bonchev–Trinajstić information content (AvgIpc) is 2.24. The van der Waals surface area contributed by atoms with Crippen molar-refractivity contribution in [1.29, 1.82) is 0 Å². The predicted octanol–water partition coefficient (Wildman–Crippen LogP) is 0.611. The minimum Gasteiger partial charge on any atom is -0.341 e. The number of aliphatic imine (C=N–C) groups is 2. The van der Waals surface area contributed by atoms with Crippen LogP contribution in [-0.4, -0.2) is 37.2 Å². The van der Waals surface area contributed by atoms with Crippen molar-refractivity contribution >= 4 is 24.1 Å². The van der Waals surface area contributed by atoms with Gasteiger partial charge in [0.15, 0.2) is 0 Å². The zero-order valence-corrected chi connectivity index (χ0v) is 9.80. The van der Waals surface area contributed by atoms with E-state index < -0.39 is 11.9 Å². The van der Waals surface area contributed by atoms with Crippen molar-refractivity contribution in [2.75, 3.05) is 7.05 Å². The fraction of sp³-hybridized carbons (Fsp3) is 0.455. The van der Waals surface area contributed by atoms with Gasteiger partial charge >= 0.3 is 0 Å². The molecule has 0 bridgehead atoms. The molecular formula is C11H17N3O2. The average molecular weight is 223 g/mol. The van der Waals surface area contributed by atoms with Crippen molar-refractivity contribution in [3.8, 4) is 0 Å². The molecule has 0 heterocycles. The molecule has 0 aliphatic carbocycles. The Bertz CT molecular complexity index is 319. The quantitative estimate of drug-likeness (QED) is 0.529. The fourth-order valence-corrected chi connectivity index (χ4v) is 0.954. The van der Waals surface area contributed by atoms with Gasteiger partial charge in [0, 0.05) is 13.2 Å². The fourth-order valence-electron chi connectivity index (χ4n) is 0.954. The van der Waals surface area contributed by atoms with E-state index in [2.05, 4.69) is 21.9 Å². The minimum atomic E-state index is -0.521. The van der Waals surface area contributed by atoms with Gasteiger partial charge in [-0.05, 0) is 5.92 Å². The first-order valence-corrected chi connectivity index (χ1v) is 4.93. The summed E-state index contributed by atoms with van der Waals surface area (Å²) in [5.41, 5.74) is 0.130. The second kappa shape index (κ2) is 7.50. The highest BCUT2D eigenvalue weighted by atomic mass is 16.2. The van der Waals surface area contributed by atoms with Gasteiger partial charge in [-0.1, -0.05) is 20.4 Å². The Balaban J connectivity index is 4.70. The number of hydrogen-bond acceptors (Lipinski definition) is 4. The molecule has 1 N–H and O–H groups in total. The van der Waals surface area contributed by atoms with Gasteiger partial charge in [-0.3, -0.25) is 14.8 Å². The molecule has 1 atom stereocenters. The van der Waals surface area contributed by atoms with E-state index in [-0.39, 0.29) is 11.6 Å². The Labute approximate surface area is 95.4 Å². The molecule has 5 heteroatoms. The van der Waals surface area contributed by atoms with E-state index in [0.717, 1.165) is 0 Å².